The Kier molecular flexibility index (Phi) is 3.99. The normalized spacial score (nSPS) is 12.4. The zero-order valence-electron chi connectivity index (χ0n) is 8.90. The van der Waals surface area contributed by atoms with Crippen molar-refractivity contribution in [2.75, 3.05) is 19.3 Å². The smallest absolute Gasteiger partial charge is 0.252 e. The van der Waals surface area contributed by atoms with Crippen LogP contribution < -0.4 is 5.73 Å². The van der Waals surface area contributed by atoms with Crippen molar-refractivity contribution in [2.24, 2.45) is 0 Å². The van der Waals surface area contributed by atoms with Crippen molar-refractivity contribution in [2.45, 2.75) is 11.3 Å². The van der Waals surface area contributed by atoms with Crippen LogP contribution in [0.1, 0.15) is 0 Å². The Morgan fingerprint density at radius 1 is 1.41 bits per heavy atom. The number of nitrogens with zero attached hydrogens (tertiary/aromatic N) is 1. The van der Waals surface area contributed by atoms with Gasteiger partial charge < -0.3 is 5.73 Å². The maximum atomic E-state index is 12.7. The van der Waals surface area contributed by atoms with Crippen molar-refractivity contribution in [1.82, 2.24) is 4.31 Å². The molecule has 1 rings (SSSR count). The Labute approximate surface area is 96.9 Å². The molecule has 0 heterocycles. The molecule has 0 aliphatic heterocycles. The largest absolute Gasteiger partial charge is 0.398 e. The average molecular weight is 268 g/mol. The molecule has 1 aromatic rings. The number of benzene rings is 1. The van der Waals surface area contributed by atoms with Crippen LogP contribution >= 0.6 is 0 Å². The molecule has 1 aromatic carbocycles. The highest BCUT2D eigenvalue weighted by Gasteiger charge is 2.25. The lowest BCUT2D eigenvalue weighted by molar-refractivity contribution is 0.126. The number of rotatable bonds is 4. The molecule has 2 N–H and O–H groups in total. The third-order valence-corrected chi connectivity index (χ3v) is 3.95. The van der Waals surface area contributed by atoms with E-state index < -0.39 is 28.8 Å². The molecule has 4 nitrogen and oxygen atoms in total. The van der Waals surface area contributed by atoms with E-state index in [1.807, 2.05) is 0 Å². The number of sulfonamides is 1. The van der Waals surface area contributed by atoms with Gasteiger partial charge in [0.05, 0.1) is 12.2 Å². The molecule has 0 spiro atoms. The topological polar surface area (TPSA) is 63.4 Å². The third kappa shape index (κ3) is 3.10. The first-order valence-electron chi connectivity index (χ1n) is 4.54. The number of hydrogen-bond donors (Lipinski definition) is 1. The lowest BCUT2D eigenvalue weighted by Gasteiger charge is -2.17. The SMILES string of the molecule is CN(CC(F)F)S(=O)(=O)c1ccc(F)cc1N. The number of nitrogen functional groups attached to an aromatic ring is 1. The van der Waals surface area contributed by atoms with E-state index in [-0.39, 0.29) is 10.6 Å². The molecule has 8 heteroatoms. The number of anilines is 1. The summed E-state index contributed by atoms with van der Waals surface area (Å²) < 4.78 is 61.0. The first-order valence-corrected chi connectivity index (χ1v) is 5.98. The van der Waals surface area contributed by atoms with Gasteiger partial charge in [0.2, 0.25) is 10.0 Å². The molecular weight excluding hydrogens is 257 g/mol. The van der Waals surface area contributed by atoms with E-state index in [9.17, 15) is 21.6 Å². The summed E-state index contributed by atoms with van der Waals surface area (Å²) in [6, 6.07) is 2.67. The molecule has 0 aliphatic rings. The van der Waals surface area contributed by atoms with Crippen LogP contribution in [0, 0.1) is 5.82 Å². The summed E-state index contributed by atoms with van der Waals surface area (Å²) in [5.74, 6) is -0.696. The summed E-state index contributed by atoms with van der Waals surface area (Å²) in [7, 11) is -3.12. The maximum absolute atomic E-state index is 12.7. The van der Waals surface area contributed by atoms with E-state index in [2.05, 4.69) is 0 Å². The van der Waals surface area contributed by atoms with E-state index >= 15 is 0 Å². The Hall–Kier alpha value is -1.28. The minimum absolute atomic E-state index is 0.314. The lowest BCUT2D eigenvalue weighted by Crippen LogP contribution is -2.31. The van der Waals surface area contributed by atoms with Crippen molar-refractivity contribution in [3.8, 4) is 0 Å². The molecule has 0 amide bonds. The number of hydrogen-bond acceptors (Lipinski definition) is 3. The monoisotopic (exact) mass is 268 g/mol. The van der Waals surface area contributed by atoms with E-state index in [4.69, 9.17) is 5.73 Å². The highest BCUT2D eigenvalue weighted by molar-refractivity contribution is 7.89. The van der Waals surface area contributed by atoms with Gasteiger partial charge >= 0.3 is 0 Å². The van der Waals surface area contributed by atoms with Crippen LogP contribution in [0.25, 0.3) is 0 Å². The second kappa shape index (κ2) is 4.92. The zero-order valence-corrected chi connectivity index (χ0v) is 9.72. The van der Waals surface area contributed by atoms with Gasteiger partial charge in [0.1, 0.15) is 10.7 Å². The fourth-order valence-electron chi connectivity index (χ4n) is 1.21. The van der Waals surface area contributed by atoms with Crippen molar-refractivity contribution < 1.29 is 21.6 Å². The summed E-state index contributed by atoms with van der Waals surface area (Å²) in [6.45, 7) is -0.945. The van der Waals surface area contributed by atoms with Crippen LogP contribution in [0.3, 0.4) is 0 Å². The molecule has 0 atom stereocenters. The van der Waals surface area contributed by atoms with Crippen LogP contribution in [-0.2, 0) is 10.0 Å². The summed E-state index contributed by atoms with van der Waals surface area (Å²) in [5, 5.41) is 0. The molecule has 0 aliphatic carbocycles. The van der Waals surface area contributed by atoms with Gasteiger partial charge in [-0.2, -0.15) is 4.31 Å². The molecule has 0 bridgehead atoms. The predicted molar refractivity (Wildman–Crippen MR) is 56.6 cm³/mol. The van der Waals surface area contributed by atoms with Gasteiger partial charge in [0.25, 0.3) is 6.43 Å². The first kappa shape index (κ1) is 13.8. The van der Waals surface area contributed by atoms with Gasteiger partial charge in [-0.15, -0.1) is 0 Å². The number of nitrogens with two attached hydrogens (primary N) is 1. The minimum Gasteiger partial charge on any atom is -0.398 e. The van der Waals surface area contributed by atoms with Crippen molar-refractivity contribution in [3.05, 3.63) is 24.0 Å². The van der Waals surface area contributed by atoms with Crippen molar-refractivity contribution >= 4 is 15.7 Å². The Bertz CT molecular complexity index is 505. The summed E-state index contributed by atoms with van der Waals surface area (Å²) in [6.07, 6.45) is -2.79. The maximum Gasteiger partial charge on any atom is 0.252 e. The lowest BCUT2D eigenvalue weighted by atomic mass is 10.3. The molecule has 96 valence electrons. The highest BCUT2D eigenvalue weighted by atomic mass is 32.2. The van der Waals surface area contributed by atoms with Crippen LogP contribution in [0.4, 0.5) is 18.9 Å². The Morgan fingerprint density at radius 2 is 2.00 bits per heavy atom. The molecule has 0 aromatic heterocycles. The first-order chi connectivity index (χ1) is 7.75. The second-order valence-electron chi connectivity index (χ2n) is 3.36. The molecule has 17 heavy (non-hydrogen) atoms. The second-order valence-corrected chi connectivity index (χ2v) is 5.37. The van der Waals surface area contributed by atoms with Gasteiger partial charge in [-0.1, -0.05) is 0 Å². The van der Waals surface area contributed by atoms with Crippen LogP contribution in [-0.4, -0.2) is 32.7 Å². The zero-order chi connectivity index (χ0) is 13.2. The fraction of sp³-hybridized carbons (Fsp3) is 0.333. The number of halogens is 3. The Morgan fingerprint density at radius 3 is 2.47 bits per heavy atom. The van der Waals surface area contributed by atoms with E-state index in [1.165, 1.54) is 0 Å². The fourth-order valence-corrected chi connectivity index (χ4v) is 2.46. The van der Waals surface area contributed by atoms with E-state index in [0.29, 0.717) is 4.31 Å². The van der Waals surface area contributed by atoms with E-state index in [1.54, 1.807) is 0 Å². The standard InChI is InChI=1S/C9H11F3N2O2S/c1-14(5-9(11)12)17(15,16)8-3-2-6(10)4-7(8)13/h2-4,9H,5,13H2,1H3. The van der Waals surface area contributed by atoms with Gasteiger partial charge in [-0.05, 0) is 18.2 Å². The molecule has 0 saturated carbocycles. The predicted octanol–water partition coefficient (Wildman–Crippen LogP) is 1.29. The van der Waals surface area contributed by atoms with Gasteiger partial charge in [0.15, 0.2) is 0 Å². The van der Waals surface area contributed by atoms with Crippen molar-refractivity contribution in [3.63, 3.8) is 0 Å². The van der Waals surface area contributed by atoms with Crippen molar-refractivity contribution in [1.29, 1.82) is 0 Å². The van der Waals surface area contributed by atoms with Crippen LogP contribution in [0.15, 0.2) is 23.1 Å². The summed E-state index contributed by atoms with van der Waals surface area (Å²) in [4.78, 5) is -0.387. The molecule has 0 saturated heterocycles. The van der Waals surface area contributed by atoms with Gasteiger partial charge in [-0.25, -0.2) is 21.6 Å². The molecule has 0 unspecified atom stereocenters. The molecule has 0 radical (unpaired) electrons. The van der Waals surface area contributed by atoms with Gasteiger partial charge in [-0.3, -0.25) is 0 Å². The third-order valence-electron chi connectivity index (χ3n) is 2.06. The molecular formula is C9H11F3N2O2S. The quantitative estimate of drug-likeness (QED) is 0.837. The number of alkyl halides is 2. The van der Waals surface area contributed by atoms with Crippen LogP contribution in [0.5, 0.6) is 0 Å². The average Bonchev–Trinajstić information content (AvgIpc) is 2.15. The summed E-state index contributed by atoms with van der Waals surface area (Å²) >= 11 is 0. The molecule has 0 fully saturated rings. The van der Waals surface area contributed by atoms with Crippen LogP contribution in [0.2, 0.25) is 0 Å². The highest BCUT2D eigenvalue weighted by Crippen LogP contribution is 2.22. The Balaban J connectivity index is 3.13. The van der Waals surface area contributed by atoms with E-state index in [0.717, 1.165) is 25.2 Å². The van der Waals surface area contributed by atoms with Gasteiger partial charge in [0, 0.05) is 7.05 Å². The summed E-state index contributed by atoms with van der Waals surface area (Å²) in [5.41, 5.74) is 5.03. The minimum atomic E-state index is -4.12.